The van der Waals surface area contributed by atoms with Gasteiger partial charge in [0.05, 0.1) is 24.5 Å². The number of morpholine rings is 1. The molecule has 2 aliphatic rings. The van der Waals surface area contributed by atoms with Crippen LogP contribution in [0, 0.1) is 0 Å². The number of pyridine rings is 1. The molecule has 5 N–H and O–H groups in total. The molecule has 3 aromatic rings. The van der Waals surface area contributed by atoms with Gasteiger partial charge >= 0.3 is 6.03 Å². The van der Waals surface area contributed by atoms with Crippen LogP contribution >= 0.6 is 0 Å². The highest BCUT2D eigenvalue weighted by Gasteiger charge is 2.25. The van der Waals surface area contributed by atoms with E-state index in [9.17, 15) is 9.59 Å². The van der Waals surface area contributed by atoms with Crippen LogP contribution in [-0.4, -0.2) is 66.2 Å². The Kier molecular flexibility index (Phi) is 8.55. The number of carbonyl (C=O) groups is 2. The van der Waals surface area contributed by atoms with Crippen molar-refractivity contribution in [2.45, 2.75) is 25.3 Å². The van der Waals surface area contributed by atoms with Gasteiger partial charge in [-0.05, 0) is 42.0 Å². The average molecular weight is 530 g/mol. The maximum absolute atomic E-state index is 12.6. The number of aromatic nitrogens is 1. The van der Waals surface area contributed by atoms with Crippen LogP contribution < -0.4 is 21.8 Å². The van der Waals surface area contributed by atoms with Gasteiger partial charge < -0.3 is 26.0 Å². The fraction of sp³-hybridized carbons (Fsp3) is 0.345. The highest BCUT2D eigenvalue weighted by atomic mass is 16.5. The van der Waals surface area contributed by atoms with E-state index in [1.165, 1.54) is 11.8 Å². The Morgan fingerprint density at radius 2 is 1.69 bits per heavy atom. The molecule has 0 atom stereocenters. The Balaban J connectivity index is 1.16. The number of benzene rings is 2. The second kappa shape index (κ2) is 12.6. The van der Waals surface area contributed by atoms with Gasteiger partial charge in [-0.3, -0.25) is 10.2 Å². The van der Waals surface area contributed by atoms with Crippen LogP contribution in [0.1, 0.15) is 40.2 Å². The number of primary amides is 1. The summed E-state index contributed by atoms with van der Waals surface area (Å²) in [6.07, 6.45) is 3.35. The number of nitrogens with one attached hydrogen (secondary N) is 3. The zero-order chi connectivity index (χ0) is 27.0. The second-order valence-electron chi connectivity index (χ2n) is 9.84. The normalized spacial score (nSPS) is 16.5. The summed E-state index contributed by atoms with van der Waals surface area (Å²) >= 11 is 0. The maximum atomic E-state index is 12.6. The van der Waals surface area contributed by atoms with E-state index in [0.717, 1.165) is 50.3 Å². The average Bonchev–Trinajstić information content (AvgIpc) is 2.97. The zero-order valence-electron chi connectivity index (χ0n) is 21.9. The minimum absolute atomic E-state index is 0.0256. The van der Waals surface area contributed by atoms with E-state index in [1.54, 1.807) is 6.07 Å². The summed E-state index contributed by atoms with van der Waals surface area (Å²) in [6, 6.07) is 20.0. The number of hydrazine groups is 1. The molecule has 0 saturated carbocycles. The third-order valence-corrected chi connectivity index (χ3v) is 7.20. The number of amides is 3. The van der Waals surface area contributed by atoms with Crippen molar-refractivity contribution in [2.24, 2.45) is 5.73 Å². The standard InChI is InChI=1S/C29H35N7O3/c30-28(37)25-20-32-27(18-26(25)31-19-21-4-2-1-3-5-21)33-24-8-6-22(7-9-24)23-10-12-35(13-11-23)29(38)34-36-14-16-39-17-15-36/h1-9,18,20,23H,10-17,19H2,(H2,30,37)(H,34,38)(H2,31,32,33). The largest absolute Gasteiger partial charge is 0.380 e. The summed E-state index contributed by atoms with van der Waals surface area (Å²) in [5.74, 6) is 0.495. The topological polar surface area (TPSA) is 125 Å². The molecule has 2 fully saturated rings. The number of urea groups is 1. The number of nitrogens with zero attached hydrogens (tertiary/aromatic N) is 3. The van der Waals surface area contributed by atoms with E-state index in [2.05, 4.69) is 33.2 Å². The van der Waals surface area contributed by atoms with Crippen LogP contribution in [0.5, 0.6) is 0 Å². The molecule has 2 aromatic carbocycles. The van der Waals surface area contributed by atoms with Gasteiger partial charge in [0, 0.05) is 50.7 Å². The van der Waals surface area contributed by atoms with Gasteiger partial charge in [0.2, 0.25) is 0 Å². The number of hydrogen-bond donors (Lipinski definition) is 4. The van der Waals surface area contributed by atoms with E-state index in [1.807, 2.05) is 52.4 Å². The molecule has 2 aliphatic heterocycles. The second-order valence-corrected chi connectivity index (χ2v) is 9.84. The van der Waals surface area contributed by atoms with Crippen LogP contribution in [0.25, 0.3) is 0 Å². The molecular formula is C29H35N7O3. The van der Waals surface area contributed by atoms with Gasteiger partial charge in [0.25, 0.3) is 5.91 Å². The van der Waals surface area contributed by atoms with Gasteiger partial charge in [-0.2, -0.15) is 0 Å². The monoisotopic (exact) mass is 529 g/mol. The summed E-state index contributed by atoms with van der Waals surface area (Å²) in [4.78, 5) is 30.8. The molecule has 0 radical (unpaired) electrons. The molecular weight excluding hydrogens is 494 g/mol. The first-order chi connectivity index (χ1) is 19.0. The summed E-state index contributed by atoms with van der Waals surface area (Å²) in [5, 5.41) is 8.56. The predicted molar refractivity (Wildman–Crippen MR) is 151 cm³/mol. The molecule has 0 unspecified atom stereocenters. The summed E-state index contributed by atoms with van der Waals surface area (Å²) in [5.41, 5.74) is 12.8. The van der Waals surface area contributed by atoms with Crippen LogP contribution in [0.4, 0.5) is 22.0 Å². The molecule has 10 heteroatoms. The van der Waals surface area contributed by atoms with Crippen molar-refractivity contribution in [3.05, 3.63) is 83.6 Å². The highest BCUT2D eigenvalue weighted by Crippen LogP contribution is 2.30. The highest BCUT2D eigenvalue weighted by molar-refractivity contribution is 5.98. The number of likely N-dealkylation sites (tertiary alicyclic amines) is 1. The molecule has 1 aromatic heterocycles. The van der Waals surface area contributed by atoms with Crippen LogP contribution in [0.2, 0.25) is 0 Å². The van der Waals surface area contributed by atoms with Crippen LogP contribution in [0.15, 0.2) is 66.9 Å². The molecule has 39 heavy (non-hydrogen) atoms. The number of nitrogens with two attached hydrogens (primary N) is 1. The van der Waals surface area contributed by atoms with Crippen LogP contribution in [-0.2, 0) is 11.3 Å². The first-order valence-corrected chi connectivity index (χ1v) is 13.4. The SMILES string of the molecule is NC(=O)c1cnc(Nc2ccc(C3CCN(C(=O)NN4CCOCC4)CC3)cc2)cc1NCc1ccccc1. The first-order valence-electron chi connectivity index (χ1n) is 13.4. The molecule has 0 bridgehead atoms. The van der Waals surface area contributed by atoms with Gasteiger partial charge in [0.1, 0.15) is 5.82 Å². The van der Waals surface area contributed by atoms with Crippen molar-refractivity contribution in [1.82, 2.24) is 20.3 Å². The Hall–Kier alpha value is -4.15. The fourth-order valence-electron chi connectivity index (χ4n) is 4.94. The van der Waals surface area contributed by atoms with Crippen molar-refractivity contribution >= 4 is 29.1 Å². The number of hydrogen-bond acceptors (Lipinski definition) is 7. The van der Waals surface area contributed by atoms with Gasteiger partial charge in [-0.25, -0.2) is 14.8 Å². The molecule has 0 aliphatic carbocycles. The molecule has 204 valence electrons. The zero-order valence-corrected chi connectivity index (χ0v) is 21.9. The van der Waals surface area contributed by atoms with E-state index >= 15 is 0 Å². The molecule has 0 spiro atoms. The maximum Gasteiger partial charge on any atom is 0.331 e. The van der Waals surface area contributed by atoms with Gasteiger partial charge in [0.15, 0.2) is 0 Å². The number of anilines is 3. The minimum Gasteiger partial charge on any atom is -0.380 e. The summed E-state index contributed by atoms with van der Waals surface area (Å²) in [6.45, 7) is 4.76. The van der Waals surface area contributed by atoms with E-state index in [4.69, 9.17) is 10.5 Å². The lowest BCUT2D eigenvalue weighted by molar-refractivity contribution is 0.0153. The number of piperidine rings is 1. The van der Waals surface area contributed by atoms with E-state index in [0.29, 0.717) is 42.7 Å². The predicted octanol–water partition coefficient (Wildman–Crippen LogP) is 3.67. The van der Waals surface area contributed by atoms with Crippen molar-refractivity contribution in [3.63, 3.8) is 0 Å². The first kappa shape index (κ1) is 26.5. The van der Waals surface area contributed by atoms with Gasteiger partial charge in [-0.1, -0.05) is 42.5 Å². The Bertz CT molecular complexity index is 1260. The quantitative estimate of drug-likeness (QED) is 0.351. The van der Waals surface area contributed by atoms with Crippen molar-refractivity contribution in [3.8, 4) is 0 Å². The van der Waals surface area contributed by atoms with Crippen molar-refractivity contribution in [2.75, 3.05) is 50.0 Å². The van der Waals surface area contributed by atoms with E-state index < -0.39 is 5.91 Å². The molecule has 3 amide bonds. The number of ether oxygens (including phenoxy) is 1. The van der Waals surface area contributed by atoms with Crippen LogP contribution in [0.3, 0.4) is 0 Å². The minimum atomic E-state index is -0.529. The fourth-order valence-corrected chi connectivity index (χ4v) is 4.94. The number of rotatable bonds is 8. The van der Waals surface area contributed by atoms with Crippen molar-refractivity contribution in [1.29, 1.82) is 0 Å². The van der Waals surface area contributed by atoms with E-state index in [-0.39, 0.29) is 6.03 Å². The molecule has 2 saturated heterocycles. The molecule has 10 nitrogen and oxygen atoms in total. The Morgan fingerprint density at radius 1 is 0.974 bits per heavy atom. The lowest BCUT2D eigenvalue weighted by Crippen LogP contribution is -2.54. The lowest BCUT2D eigenvalue weighted by Gasteiger charge is -2.35. The Labute approximate surface area is 228 Å². The summed E-state index contributed by atoms with van der Waals surface area (Å²) < 4.78 is 5.34. The third kappa shape index (κ3) is 7.04. The molecule has 3 heterocycles. The Morgan fingerprint density at radius 3 is 2.38 bits per heavy atom. The molecule has 5 rings (SSSR count). The van der Waals surface area contributed by atoms with Crippen molar-refractivity contribution < 1.29 is 14.3 Å². The lowest BCUT2D eigenvalue weighted by atomic mass is 9.89. The summed E-state index contributed by atoms with van der Waals surface area (Å²) in [7, 11) is 0. The smallest absolute Gasteiger partial charge is 0.331 e. The van der Waals surface area contributed by atoms with Gasteiger partial charge in [-0.15, -0.1) is 0 Å². The third-order valence-electron chi connectivity index (χ3n) is 7.20. The number of carbonyl (C=O) groups excluding carboxylic acids is 2.